The Hall–Kier alpha value is -0.250. The van der Waals surface area contributed by atoms with Crippen LogP contribution in [0.5, 0.6) is 0 Å². The minimum Gasteiger partial charge on any atom is -0.487 e. The Morgan fingerprint density at radius 2 is 2.31 bits per heavy atom. The summed E-state index contributed by atoms with van der Waals surface area (Å²) in [7, 11) is 0. The predicted octanol–water partition coefficient (Wildman–Crippen LogP) is 2.65. The molecule has 0 bridgehead atoms. The van der Waals surface area contributed by atoms with E-state index in [4.69, 9.17) is 22.1 Å². The first-order valence-electron chi connectivity index (χ1n) is 3.85. The molecule has 1 heterocycles. The van der Waals surface area contributed by atoms with Crippen molar-refractivity contribution in [2.24, 2.45) is 5.73 Å². The van der Waals surface area contributed by atoms with Crippen LogP contribution in [0.3, 0.4) is 0 Å². The van der Waals surface area contributed by atoms with Crippen molar-refractivity contribution in [3.63, 3.8) is 0 Å². The second-order valence-corrected chi connectivity index (χ2v) is 4.21. The largest absolute Gasteiger partial charge is 0.487 e. The molecule has 0 aromatic heterocycles. The van der Waals surface area contributed by atoms with Gasteiger partial charge < -0.3 is 10.5 Å². The normalized spacial score (nSPS) is 21.6. The van der Waals surface area contributed by atoms with Crippen LogP contribution in [0, 0.1) is 0 Å². The Morgan fingerprint density at radius 1 is 1.69 bits per heavy atom. The Kier molecular flexibility index (Phi) is 3.59. The van der Waals surface area contributed by atoms with E-state index in [1.807, 2.05) is 0 Å². The van der Waals surface area contributed by atoms with E-state index in [1.165, 1.54) is 0 Å². The minimum atomic E-state index is -0.00481. The fraction of sp³-hybridized carbons (Fsp3) is 0.333. The van der Waals surface area contributed by atoms with Crippen LogP contribution in [0.25, 0.3) is 0 Å². The highest BCUT2D eigenvalue weighted by Crippen LogP contribution is 2.36. The van der Waals surface area contributed by atoms with Crippen molar-refractivity contribution in [2.75, 3.05) is 6.54 Å². The molecule has 0 saturated carbocycles. The first-order chi connectivity index (χ1) is 6.06. The summed E-state index contributed by atoms with van der Waals surface area (Å²) in [5.74, 6) is 0.610. The monoisotopic (exact) mass is 263 g/mol. The van der Waals surface area contributed by atoms with E-state index in [-0.39, 0.29) is 6.10 Å². The third kappa shape index (κ3) is 2.36. The zero-order chi connectivity index (χ0) is 10.0. The Balaban J connectivity index is 2.90. The van der Waals surface area contributed by atoms with Gasteiger partial charge in [-0.1, -0.05) is 40.7 Å². The van der Waals surface area contributed by atoms with Crippen LogP contribution in [0.1, 0.15) is 6.42 Å². The number of rotatable bonds is 3. The minimum absolute atomic E-state index is 0.00481. The van der Waals surface area contributed by atoms with Crippen LogP contribution in [-0.4, -0.2) is 12.6 Å². The van der Waals surface area contributed by atoms with Gasteiger partial charge in [-0.15, -0.1) is 0 Å². The molecule has 1 aliphatic rings. The summed E-state index contributed by atoms with van der Waals surface area (Å²) in [5, 5.41) is 0.395. The summed E-state index contributed by atoms with van der Waals surface area (Å²) in [4.78, 5) is 0. The SMILES string of the molecule is C=C(Cl)C1=C(C(=C)Br)CC(CN)O1. The van der Waals surface area contributed by atoms with Gasteiger partial charge in [-0.25, -0.2) is 0 Å². The van der Waals surface area contributed by atoms with E-state index < -0.39 is 0 Å². The lowest BCUT2D eigenvalue weighted by molar-refractivity contribution is 0.158. The van der Waals surface area contributed by atoms with E-state index in [1.54, 1.807) is 0 Å². The quantitative estimate of drug-likeness (QED) is 0.850. The molecule has 1 unspecified atom stereocenters. The van der Waals surface area contributed by atoms with E-state index in [0.717, 1.165) is 16.5 Å². The van der Waals surface area contributed by atoms with Crippen LogP contribution in [-0.2, 0) is 4.74 Å². The first kappa shape index (κ1) is 10.8. The van der Waals surface area contributed by atoms with Crippen molar-refractivity contribution in [3.05, 3.63) is 34.0 Å². The fourth-order valence-corrected chi connectivity index (χ4v) is 1.69. The second-order valence-electron chi connectivity index (χ2n) is 2.80. The zero-order valence-corrected chi connectivity index (χ0v) is 9.49. The zero-order valence-electron chi connectivity index (χ0n) is 7.15. The molecule has 72 valence electrons. The Labute approximate surface area is 91.2 Å². The van der Waals surface area contributed by atoms with Gasteiger partial charge in [0.1, 0.15) is 11.9 Å². The highest BCUT2D eigenvalue weighted by molar-refractivity contribution is 9.11. The molecular weight excluding hydrogens is 253 g/mol. The molecule has 2 N–H and O–H groups in total. The smallest absolute Gasteiger partial charge is 0.142 e. The number of hydrogen-bond donors (Lipinski definition) is 1. The molecule has 1 atom stereocenters. The molecular formula is C9H11BrClNO. The maximum absolute atomic E-state index is 5.77. The predicted molar refractivity (Wildman–Crippen MR) is 58.6 cm³/mol. The van der Waals surface area contributed by atoms with Crippen molar-refractivity contribution < 1.29 is 4.74 Å². The molecule has 1 aliphatic heterocycles. The van der Waals surface area contributed by atoms with Crippen LogP contribution in [0.4, 0.5) is 0 Å². The number of halogens is 2. The third-order valence-corrected chi connectivity index (χ3v) is 2.48. The molecule has 0 aliphatic carbocycles. The van der Waals surface area contributed by atoms with Crippen molar-refractivity contribution in [1.82, 2.24) is 0 Å². The lowest BCUT2D eigenvalue weighted by Crippen LogP contribution is -2.19. The number of ether oxygens (including phenoxy) is 1. The van der Waals surface area contributed by atoms with E-state index in [9.17, 15) is 0 Å². The summed E-state index contributed by atoms with van der Waals surface area (Å²) in [6.07, 6.45) is 0.733. The van der Waals surface area contributed by atoms with Gasteiger partial charge in [0.05, 0.1) is 5.03 Å². The molecule has 0 aromatic carbocycles. The van der Waals surface area contributed by atoms with Gasteiger partial charge in [-0.05, 0) is 0 Å². The maximum atomic E-state index is 5.77. The molecule has 0 spiro atoms. The van der Waals surface area contributed by atoms with Gasteiger partial charge in [-0.3, -0.25) is 0 Å². The van der Waals surface area contributed by atoms with E-state index >= 15 is 0 Å². The standard InChI is InChI=1S/C9H11BrClNO/c1-5(10)8-3-7(4-12)13-9(8)6(2)11/h7H,1-4,12H2. The third-order valence-electron chi connectivity index (χ3n) is 1.83. The van der Waals surface area contributed by atoms with E-state index in [2.05, 4.69) is 29.1 Å². The Morgan fingerprint density at radius 3 is 2.62 bits per heavy atom. The Bertz CT molecular complexity index is 259. The molecule has 1 rings (SSSR count). The average Bonchev–Trinajstić information content (AvgIpc) is 2.47. The first-order valence-corrected chi connectivity index (χ1v) is 5.02. The molecule has 2 nitrogen and oxygen atoms in total. The highest BCUT2D eigenvalue weighted by atomic mass is 79.9. The van der Waals surface area contributed by atoms with Crippen molar-refractivity contribution in [1.29, 1.82) is 0 Å². The van der Waals surface area contributed by atoms with Crippen molar-refractivity contribution in [2.45, 2.75) is 12.5 Å². The van der Waals surface area contributed by atoms with Gasteiger partial charge in [0.2, 0.25) is 0 Å². The van der Waals surface area contributed by atoms with Gasteiger partial charge in [-0.2, -0.15) is 0 Å². The second kappa shape index (κ2) is 4.31. The van der Waals surface area contributed by atoms with Gasteiger partial charge >= 0.3 is 0 Å². The highest BCUT2D eigenvalue weighted by Gasteiger charge is 2.26. The molecule has 0 saturated heterocycles. The maximum Gasteiger partial charge on any atom is 0.142 e. The number of allylic oxidation sites excluding steroid dienone is 2. The molecule has 0 radical (unpaired) electrons. The number of hydrogen-bond acceptors (Lipinski definition) is 2. The molecule has 13 heavy (non-hydrogen) atoms. The van der Waals surface area contributed by atoms with Gasteiger partial charge in [0, 0.05) is 23.0 Å². The summed E-state index contributed by atoms with van der Waals surface area (Å²) >= 11 is 9.06. The number of nitrogens with two attached hydrogens (primary N) is 1. The summed E-state index contributed by atoms with van der Waals surface area (Å²) < 4.78 is 6.26. The molecule has 4 heteroatoms. The molecule has 0 aromatic rings. The molecule has 0 amide bonds. The summed E-state index contributed by atoms with van der Waals surface area (Å²) in [6, 6.07) is 0. The van der Waals surface area contributed by atoms with Gasteiger partial charge in [0.15, 0.2) is 0 Å². The van der Waals surface area contributed by atoms with Crippen LogP contribution in [0.15, 0.2) is 34.0 Å². The summed E-state index contributed by atoms with van der Waals surface area (Å²) in [5.41, 5.74) is 6.44. The fourth-order valence-electron chi connectivity index (χ4n) is 1.19. The topological polar surface area (TPSA) is 35.2 Å². The van der Waals surface area contributed by atoms with Crippen LogP contribution < -0.4 is 5.73 Å². The van der Waals surface area contributed by atoms with Crippen molar-refractivity contribution >= 4 is 27.5 Å². The van der Waals surface area contributed by atoms with Crippen LogP contribution >= 0.6 is 27.5 Å². The lowest BCUT2D eigenvalue weighted by atomic mass is 10.1. The van der Waals surface area contributed by atoms with Crippen molar-refractivity contribution in [3.8, 4) is 0 Å². The lowest BCUT2D eigenvalue weighted by Gasteiger charge is -2.08. The average molecular weight is 265 g/mol. The molecule has 0 fully saturated rings. The van der Waals surface area contributed by atoms with Crippen LogP contribution in [0.2, 0.25) is 0 Å². The van der Waals surface area contributed by atoms with E-state index in [0.29, 0.717) is 17.3 Å². The van der Waals surface area contributed by atoms with Gasteiger partial charge in [0.25, 0.3) is 0 Å². The summed E-state index contributed by atoms with van der Waals surface area (Å²) in [6.45, 7) is 7.86.